The van der Waals surface area contributed by atoms with Crippen LogP contribution in [0.15, 0.2) is 40.9 Å². The number of hydrogen-bond acceptors (Lipinski definition) is 2. The third-order valence-corrected chi connectivity index (χ3v) is 3.58. The van der Waals surface area contributed by atoms with Crippen molar-refractivity contribution < 1.29 is 4.39 Å². The third kappa shape index (κ3) is 3.10. The van der Waals surface area contributed by atoms with E-state index in [4.69, 9.17) is 5.73 Å². The molecule has 0 saturated heterocycles. The standard InChI is InChI=1S/C12H9BrFIN2/c13-7-1-3-11(9(14)5-7)17-12-4-2-8(16)6-10(12)15/h1-6,17H,16H2. The van der Waals surface area contributed by atoms with Crippen molar-refractivity contribution in [3.05, 3.63) is 50.3 Å². The summed E-state index contributed by atoms with van der Waals surface area (Å²) >= 11 is 5.38. The number of halogens is 3. The normalized spacial score (nSPS) is 10.3. The van der Waals surface area contributed by atoms with Gasteiger partial charge in [0.15, 0.2) is 0 Å². The van der Waals surface area contributed by atoms with E-state index in [-0.39, 0.29) is 5.82 Å². The molecule has 2 nitrogen and oxygen atoms in total. The molecule has 5 heteroatoms. The van der Waals surface area contributed by atoms with Crippen LogP contribution in [0.25, 0.3) is 0 Å². The summed E-state index contributed by atoms with van der Waals surface area (Å²) in [7, 11) is 0. The van der Waals surface area contributed by atoms with Gasteiger partial charge in [0, 0.05) is 13.7 Å². The van der Waals surface area contributed by atoms with Crippen LogP contribution < -0.4 is 11.1 Å². The first-order chi connectivity index (χ1) is 8.06. The molecule has 0 fully saturated rings. The number of nitrogen functional groups attached to an aromatic ring is 1. The lowest BCUT2D eigenvalue weighted by Crippen LogP contribution is -1.97. The Labute approximate surface area is 121 Å². The van der Waals surface area contributed by atoms with Gasteiger partial charge in [-0.15, -0.1) is 0 Å². The molecule has 2 aromatic carbocycles. The molecule has 0 spiro atoms. The highest BCUT2D eigenvalue weighted by Gasteiger charge is 2.05. The van der Waals surface area contributed by atoms with Crippen LogP contribution in [-0.4, -0.2) is 0 Å². The zero-order chi connectivity index (χ0) is 12.4. The molecule has 2 aromatic rings. The molecule has 17 heavy (non-hydrogen) atoms. The minimum absolute atomic E-state index is 0.299. The van der Waals surface area contributed by atoms with Gasteiger partial charge in [-0.25, -0.2) is 4.39 Å². The number of hydrogen-bond donors (Lipinski definition) is 2. The fourth-order valence-electron chi connectivity index (χ4n) is 1.37. The maximum atomic E-state index is 13.6. The summed E-state index contributed by atoms with van der Waals surface area (Å²) in [6.45, 7) is 0. The van der Waals surface area contributed by atoms with Gasteiger partial charge in [-0.1, -0.05) is 15.9 Å². The van der Waals surface area contributed by atoms with Gasteiger partial charge in [0.25, 0.3) is 0 Å². The molecule has 3 N–H and O–H groups in total. The first-order valence-corrected chi connectivity index (χ1v) is 6.70. The molecule has 0 unspecified atom stereocenters. The van der Waals surface area contributed by atoms with Gasteiger partial charge in [-0.2, -0.15) is 0 Å². The average molecular weight is 407 g/mol. The highest BCUT2D eigenvalue weighted by atomic mass is 127. The Morgan fingerprint density at radius 3 is 2.47 bits per heavy atom. The predicted molar refractivity (Wildman–Crippen MR) is 81.0 cm³/mol. The van der Waals surface area contributed by atoms with E-state index in [1.54, 1.807) is 18.2 Å². The van der Waals surface area contributed by atoms with Crippen LogP contribution in [0, 0.1) is 9.39 Å². The summed E-state index contributed by atoms with van der Waals surface area (Å²) in [6.07, 6.45) is 0. The minimum Gasteiger partial charge on any atom is -0.399 e. The van der Waals surface area contributed by atoms with Gasteiger partial charge < -0.3 is 11.1 Å². The molecule has 0 aliphatic carbocycles. The monoisotopic (exact) mass is 406 g/mol. The Bertz CT molecular complexity index is 511. The summed E-state index contributed by atoms with van der Waals surface area (Å²) in [5, 5.41) is 3.04. The first-order valence-electron chi connectivity index (χ1n) is 4.83. The highest BCUT2D eigenvalue weighted by molar-refractivity contribution is 14.1. The van der Waals surface area contributed by atoms with Gasteiger partial charge in [0.2, 0.25) is 0 Å². The lowest BCUT2D eigenvalue weighted by atomic mass is 10.2. The second kappa shape index (κ2) is 5.22. The van der Waals surface area contributed by atoms with Crippen molar-refractivity contribution in [2.45, 2.75) is 0 Å². The van der Waals surface area contributed by atoms with Crippen LogP contribution in [0.3, 0.4) is 0 Å². The molecule has 0 bridgehead atoms. The second-order valence-electron chi connectivity index (χ2n) is 3.49. The minimum atomic E-state index is -0.299. The van der Waals surface area contributed by atoms with Crippen molar-refractivity contribution in [3.63, 3.8) is 0 Å². The van der Waals surface area contributed by atoms with E-state index in [2.05, 4.69) is 43.8 Å². The van der Waals surface area contributed by atoms with Crippen LogP contribution in [0.2, 0.25) is 0 Å². The largest absolute Gasteiger partial charge is 0.399 e. The molecule has 0 saturated carbocycles. The van der Waals surface area contributed by atoms with Crippen molar-refractivity contribution >= 4 is 55.6 Å². The SMILES string of the molecule is Nc1ccc(Nc2ccc(Br)cc2F)c(I)c1. The molecule has 88 valence electrons. The fraction of sp³-hybridized carbons (Fsp3) is 0. The maximum absolute atomic E-state index is 13.6. The van der Waals surface area contributed by atoms with E-state index >= 15 is 0 Å². The summed E-state index contributed by atoms with van der Waals surface area (Å²) < 4.78 is 15.3. The zero-order valence-corrected chi connectivity index (χ0v) is 12.4. The molecule has 0 radical (unpaired) electrons. The van der Waals surface area contributed by atoms with Gasteiger partial charge >= 0.3 is 0 Å². The van der Waals surface area contributed by atoms with Crippen molar-refractivity contribution in [3.8, 4) is 0 Å². The van der Waals surface area contributed by atoms with E-state index in [1.807, 2.05) is 12.1 Å². The molecule has 0 aromatic heterocycles. The Hall–Kier alpha value is -0.820. The Morgan fingerprint density at radius 2 is 1.82 bits per heavy atom. The number of anilines is 3. The second-order valence-corrected chi connectivity index (χ2v) is 5.57. The van der Waals surface area contributed by atoms with E-state index in [0.717, 1.165) is 9.26 Å². The molecular formula is C12H9BrFIN2. The van der Waals surface area contributed by atoms with Crippen molar-refractivity contribution in [2.24, 2.45) is 0 Å². The quantitative estimate of drug-likeness (QED) is 0.568. The van der Waals surface area contributed by atoms with Gasteiger partial charge in [-0.3, -0.25) is 0 Å². The summed E-state index contributed by atoms with van der Waals surface area (Å²) in [5.41, 5.74) is 7.62. The smallest absolute Gasteiger partial charge is 0.147 e. The average Bonchev–Trinajstić information content (AvgIpc) is 2.25. The zero-order valence-electron chi connectivity index (χ0n) is 8.68. The number of rotatable bonds is 2. The summed E-state index contributed by atoms with van der Waals surface area (Å²) in [6, 6.07) is 10.3. The number of nitrogens with one attached hydrogen (secondary N) is 1. The number of nitrogens with two attached hydrogens (primary N) is 1. The van der Waals surface area contributed by atoms with Crippen molar-refractivity contribution in [2.75, 3.05) is 11.1 Å². The molecule has 0 aliphatic rings. The number of benzene rings is 2. The molecule has 0 aliphatic heterocycles. The predicted octanol–water partition coefficient (Wildman–Crippen LogP) is 4.52. The Balaban J connectivity index is 2.31. The van der Waals surface area contributed by atoms with Gasteiger partial charge in [0.1, 0.15) is 5.82 Å². The molecular weight excluding hydrogens is 398 g/mol. The summed E-state index contributed by atoms with van der Waals surface area (Å²) in [4.78, 5) is 0. The Morgan fingerprint density at radius 1 is 1.12 bits per heavy atom. The van der Waals surface area contributed by atoms with E-state index < -0.39 is 0 Å². The molecule has 0 heterocycles. The first kappa shape index (κ1) is 12.6. The van der Waals surface area contributed by atoms with Gasteiger partial charge in [-0.05, 0) is 59.0 Å². The van der Waals surface area contributed by atoms with E-state index in [0.29, 0.717) is 15.8 Å². The van der Waals surface area contributed by atoms with Crippen LogP contribution >= 0.6 is 38.5 Å². The van der Waals surface area contributed by atoms with Crippen molar-refractivity contribution in [1.82, 2.24) is 0 Å². The van der Waals surface area contributed by atoms with Crippen LogP contribution in [0.1, 0.15) is 0 Å². The lowest BCUT2D eigenvalue weighted by Gasteiger charge is -2.10. The lowest BCUT2D eigenvalue weighted by molar-refractivity contribution is 0.631. The van der Waals surface area contributed by atoms with Crippen LogP contribution in [0.5, 0.6) is 0 Å². The van der Waals surface area contributed by atoms with Gasteiger partial charge in [0.05, 0.1) is 11.4 Å². The van der Waals surface area contributed by atoms with Crippen molar-refractivity contribution in [1.29, 1.82) is 0 Å². The highest BCUT2D eigenvalue weighted by Crippen LogP contribution is 2.27. The summed E-state index contributed by atoms with van der Waals surface area (Å²) in [5.74, 6) is -0.299. The fourth-order valence-corrected chi connectivity index (χ4v) is 2.38. The maximum Gasteiger partial charge on any atom is 0.147 e. The van der Waals surface area contributed by atoms with Crippen LogP contribution in [0.4, 0.5) is 21.5 Å². The topological polar surface area (TPSA) is 38.0 Å². The van der Waals surface area contributed by atoms with Crippen LogP contribution in [-0.2, 0) is 0 Å². The third-order valence-electron chi connectivity index (χ3n) is 2.19. The van der Waals surface area contributed by atoms with E-state index in [1.165, 1.54) is 6.07 Å². The molecule has 0 atom stereocenters. The molecule has 2 rings (SSSR count). The Kier molecular flexibility index (Phi) is 3.88. The molecule has 0 amide bonds. The van der Waals surface area contributed by atoms with E-state index in [9.17, 15) is 4.39 Å².